The molecule has 0 saturated carbocycles. The van der Waals surface area contributed by atoms with Gasteiger partial charge < -0.3 is 14.2 Å². The van der Waals surface area contributed by atoms with Crippen molar-refractivity contribution in [3.05, 3.63) is 94.7 Å². The molecule has 2 saturated heterocycles. The Labute approximate surface area is 216 Å². The summed E-state index contributed by atoms with van der Waals surface area (Å²) >= 11 is 0. The van der Waals surface area contributed by atoms with E-state index in [1.807, 2.05) is 26.2 Å². The number of hydrogen-bond donors (Lipinski definition) is 1. The molecule has 4 aromatic rings. The minimum atomic E-state index is -0.558. The first-order valence-electron chi connectivity index (χ1n) is 13.0. The number of nitrogens with one attached hydrogen (secondary N) is 1. The number of carbonyl (C=O) groups is 1. The molecule has 2 unspecified atom stereocenters. The van der Waals surface area contributed by atoms with E-state index < -0.39 is 6.04 Å². The van der Waals surface area contributed by atoms with E-state index in [-0.39, 0.29) is 23.0 Å². The van der Waals surface area contributed by atoms with Crippen LogP contribution in [0.3, 0.4) is 0 Å². The van der Waals surface area contributed by atoms with Crippen molar-refractivity contribution in [2.24, 2.45) is 5.41 Å². The van der Waals surface area contributed by atoms with Crippen LogP contribution in [0.4, 0.5) is 0 Å². The molecular formula is C30H33N5O2. The smallest absolute Gasteiger partial charge is 0.246 e. The van der Waals surface area contributed by atoms with Gasteiger partial charge >= 0.3 is 0 Å². The van der Waals surface area contributed by atoms with Crippen LogP contribution in [0.25, 0.3) is 11.2 Å². The van der Waals surface area contributed by atoms with Crippen molar-refractivity contribution >= 4 is 17.1 Å². The number of amides is 1. The lowest BCUT2D eigenvalue weighted by molar-refractivity contribution is -0.197. The molecule has 7 heteroatoms. The number of carbonyl (C=O) groups excluding carboxylic acids is 1. The molecule has 0 bridgehead atoms. The summed E-state index contributed by atoms with van der Waals surface area (Å²) in [5.41, 5.74) is 6.50. The fraction of sp³-hybridized carbons (Fsp3) is 0.367. The highest BCUT2D eigenvalue weighted by Gasteiger charge is 2.51. The average Bonchev–Trinajstić information content (AvgIpc) is 3.13. The molecule has 190 valence electrons. The average molecular weight is 496 g/mol. The molecule has 2 atom stereocenters. The van der Waals surface area contributed by atoms with Gasteiger partial charge in [-0.25, -0.2) is 4.98 Å². The topological polar surface area (TPSA) is 76.1 Å². The van der Waals surface area contributed by atoms with Crippen molar-refractivity contribution in [1.82, 2.24) is 19.0 Å². The quantitative estimate of drug-likeness (QED) is 0.436. The van der Waals surface area contributed by atoms with Gasteiger partial charge in [-0.15, -0.1) is 0 Å². The molecule has 1 N–H and O–H groups in total. The third-order valence-electron chi connectivity index (χ3n) is 7.98. The minimum Gasteiger partial charge on any atom is -0.380 e. The van der Waals surface area contributed by atoms with Gasteiger partial charge in [0.25, 0.3) is 0 Å². The van der Waals surface area contributed by atoms with Crippen LogP contribution in [0.15, 0.2) is 66.9 Å². The molecule has 1 spiro atoms. The van der Waals surface area contributed by atoms with Crippen molar-refractivity contribution in [3.8, 4) is 0 Å². The Morgan fingerprint density at radius 2 is 1.65 bits per heavy atom. The van der Waals surface area contributed by atoms with Crippen LogP contribution < -0.4 is 5.62 Å². The number of pyridine rings is 1. The predicted octanol–water partition coefficient (Wildman–Crippen LogP) is 4.19. The van der Waals surface area contributed by atoms with E-state index in [1.165, 1.54) is 11.1 Å². The molecule has 6 rings (SSSR count). The minimum absolute atomic E-state index is 0.0456. The summed E-state index contributed by atoms with van der Waals surface area (Å²) in [6.07, 6.45) is 2.25. The second kappa shape index (κ2) is 8.99. The lowest BCUT2D eigenvalue weighted by Crippen LogP contribution is -2.68. The second-order valence-electron chi connectivity index (χ2n) is 10.9. The first-order chi connectivity index (χ1) is 17.8. The Hall–Kier alpha value is -3.71. The number of fused-ring (bicyclic) bond motifs is 1. The maximum atomic E-state index is 14.1. The summed E-state index contributed by atoms with van der Waals surface area (Å²) < 4.78 is 9.28. The van der Waals surface area contributed by atoms with Gasteiger partial charge in [0.05, 0.1) is 30.2 Å². The van der Waals surface area contributed by atoms with Crippen LogP contribution in [0.2, 0.25) is 0 Å². The maximum Gasteiger partial charge on any atom is 0.246 e. The number of rotatable bonds is 6. The van der Waals surface area contributed by atoms with E-state index in [4.69, 9.17) is 9.72 Å². The lowest BCUT2D eigenvalue weighted by atomic mass is 9.77. The molecule has 2 aromatic heterocycles. The van der Waals surface area contributed by atoms with Crippen molar-refractivity contribution in [2.75, 3.05) is 26.3 Å². The fourth-order valence-corrected chi connectivity index (χ4v) is 5.71. The molecule has 4 heterocycles. The summed E-state index contributed by atoms with van der Waals surface area (Å²) in [6, 6.07) is 20.0. The highest BCUT2D eigenvalue weighted by Crippen LogP contribution is 2.39. The SMILES string of the molecule is Cc1ccc(CC(C(=O)N2CC3(COC3)C2)n2c(=N)n(C(C)c3ccc(C)cc3)c3cccnc32)cc1. The molecule has 1 amide bonds. The summed E-state index contributed by atoms with van der Waals surface area (Å²) in [5, 5.41) is 9.36. The number of aromatic nitrogens is 3. The zero-order chi connectivity index (χ0) is 25.7. The third-order valence-corrected chi connectivity index (χ3v) is 7.98. The van der Waals surface area contributed by atoms with E-state index >= 15 is 0 Å². The molecule has 7 nitrogen and oxygen atoms in total. The van der Waals surface area contributed by atoms with Gasteiger partial charge in [0.2, 0.25) is 11.5 Å². The third kappa shape index (κ3) is 4.07. The van der Waals surface area contributed by atoms with Crippen LogP contribution in [0, 0.1) is 24.7 Å². The Morgan fingerprint density at radius 1 is 1.00 bits per heavy atom. The van der Waals surface area contributed by atoms with Gasteiger partial charge in [-0.1, -0.05) is 59.7 Å². The van der Waals surface area contributed by atoms with Gasteiger partial charge in [-0.05, 0) is 44.0 Å². The van der Waals surface area contributed by atoms with E-state index in [9.17, 15) is 10.2 Å². The molecule has 0 radical (unpaired) electrons. The first-order valence-corrected chi connectivity index (χ1v) is 13.0. The number of benzene rings is 2. The molecular weight excluding hydrogens is 462 g/mol. The standard InChI is InChI=1S/C30H33N5O2/c1-20-6-10-23(11-7-20)15-26(28(36)33-16-30(17-33)18-37-19-30)35-27-25(5-4-14-32-27)34(29(35)31)22(3)24-12-8-21(2)9-13-24/h4-14,22,26,31H,15-19H2,1-3H3. The fourth-order valence-electron chi connectivity index (χ4n) is 5.71. The summed E-state index contributed by atoms with van der Waals surface area (Å²) in [6.45, 7) is 9.13. The monoisotopic (exact) mass is 495 g/mol. The van der Waals surface area contributed by atoms with E-state index in [0.29, 0.717) is 12.1 Å². The number of nitrogens with zero attached hydrogens (tertiary/aromatic N) is 4. The van der Waals surface area contributed by atoms with Crippen molar-refractivity contribution in [1.29, 1.82) is 5.41 Å². The van der Waals surface area contributed by atoms with Gasteiger partial charge in [-0.3, -0.25) is 14.8 Å². The second-order valence-corrected chi connectivity index (χ2v) is 10.9. The zero-order valence-electron chi connectivity index (χ0n) is 21.6. The van der Waals surface area contributed by atoms with Crippen LogP contribution >= 0.6 is 0 Å². The molecule has 2 aliphatic heterocycles. The van der Waals surface area contributed by atoms with Crippen LogP contribution in [0.5, 0.6) is 0 Å². The Bertz CT molecular complexity index is 1500. The number of hydrogen-bond acceptors (Lipinski definition) is 4. The maximum absolute atomic E-state index is 14.1. The Balaban J connectivity index is 1.45. The molecule has 2 fully saturated rings. The van der Waals surface area contributed by atoms with Gasteiger partial charge in [-0.2, -0.15) is 0 Å². The first kappa shape index (κ1) is 23.7. The van der Waals surface area contributed by atoms with Crippen molar-refractivity contribution in [2.45, 2.75) is 39.3 Å². The Morgan fingerprint density at radius 3 is 2.27 bits per heavy atom. The van der Waals surface area contributed by atoms with E-state index in [0.717, 1.165) is 42.9 Å². The van der Waals surface area contributed by atoms with Crippen LogP contribution in [-0.2, 0) is 16.0 Å². The molecule has 37 heavy (non-hydrogen) atoms. The number of imidazole rings is 1. The molecule has 2 aliphatic rings. The summed E-state index contributed by atoms with van der Waals surface area (Å²) in [4.78, 5) is 20.7. The van der Waals surface area contributed by atoms with Crippen LogP contribution in [0.1, 0.15) is 41.3 Å². The predicted molar refractivity (Wildman–Crippen MR) is 142 cm³/mol. The van der Waals surface area contributed by atoms with Crippen molar-refractivity contribution in [3.63, 3.8) is 0 Å². The van der Waals surface area contributed by atoms with E-state index in [1.54, 1.807) is 6.20 Å². The highest BCUT2D eigenvalue weighted by atomic mass is 16.5. The highest BCUT2D eigenvalue weighted by molar-refractivity contribution is 5.84. The van der Waals surface area contributed by atoms with Gasteiger partial charge in [0, 0.05) is 25.7 Å². The van der Waals surface area contributed by atoms with Gasteiger partial charge in [0.1, 0.15) is 6.04 Å². The van der Waals surface area contributed by atoms with Crippen LogP contribution in [-0.4, -0.2) is 51.2 Å². The number of ether oxygens (including phenoxy) is 1. The zero-order valence-corrected chi connectivity index (χ0v) is 21.6. The van der Waals surface area contributed by atoms with E-state index in [2.05, 4.69) is 69.3 Å². The lowest BCUT2D eigenvalue weighted by Gasteiger charge is -2.55. The summed E-state index contributed by atoms with van der Waals surface area (Å²) in [7, 11) is 0. The normalized spacial score (nSPS) is 17.9. The Kier molecular flexibility index (Phi) is 5.75. The molecule has 0 aliphatic carbocycles. The molecule has 2 aromatic carbocycles. The number of aryl methyl sites for hydroxylation is 2. The number of likely N-dealkylation sites (tertiary alicyclic amines) is 1. The van der Waals surface area contributed by atoms with Gasteiger partial charge in [0.15, 0.2) is 5.65 Å². The summed E-state index contributed by atoms with van der Waals surface area (Å²) in [5.74, 6) is 0.0456. The largest absolute Gasteiger partial charge is 0.380 e. The van der Waals surface area contributed by atoms with Crippen molar-refractivity contribution < 1.29 is 9.53 Å².